The van der Waals surface area contributed by atoms with Crippen molar-refractivity contribution in [3.63, 3.8) is 0 Å². The summed E-state index contributed by atoms with van der Waals surface area (Å²) in [5.41, 5.74) is -0.0515. The highest BCUT2D eigenvalue weighted by atomic mass is 32.2. The van der Waals surface area contributed by atoms with Crippen molar-refractivity contribution in [3.8, 4) is 5.75 Å². The van der Waals surface area contributed by atoms with Crippen LogP contribution in [0.4, 0.5) is 24.5 Å². The number of ether oxygens (including phenoxy) is 1. The Hall–Kier alpha value is -3.54. The van der Waals surface area contributed by atoms with E-state index in [2.05, 4.69) is 15.1 Å². The van der Waals surface area contributed by atoms with Gasteiger partial charge < -0.3 is 10.1 Å². The molecule has 0 saturated heterocycles. The highest BCUT2D eigenvalue weighted by Crippen LogP contribution is 2.33. The topological polar surface area (TPSA) is 102 Å². The molecule has 0 atom stereocenters. The number of nitrogens with zero attached hydrogens (tertiary/aromatic N) is 2. The van der Waals surface area contributed by atoms with E-state index in [4.69, 9.17) is 4.74 Å². The van der Waals surface area contributed by atoms with Crippen molar-refractivity contribution in [1.29, 1.82) is 0 Å². The molecule has 2 N–H and O–H groups in total. The van der Waals surface area contributed by atoms with Gasteiger partial charge in [0.15, 0.2) is 0 Å². The van der Waals surface area contributed by atoms with Crippen molar-refractivity contribution >= 4 is 27.3 Å². The lowest BCUT2D eigenvalue weighted by atomic mass is 10.2. The van der Waals surface area contributed by atoms with Crippen LogP contribution in [0.25, 0.3) is 0 Å². The fourth-order valence-electron chi connectivity index (χ4n) is 2.95. The minimum Gasteiger partial charge on any atom is -0.495 e. The highest BCUT2D eigenvalue weighted by molar-refractivity contribution is 7.92. The Balaban J connectivity index is 1.86. The van der Waals surface area contributed by atoms with Gasteiger partial charge in [-0.05, 0) is 43.3 Å². The molecule has 0 aliphatic rings. The number of aryl methyl sites for hydroxylation is 2. The lowest BCUT2D eigenvalue weighted by Crippen LogP contribution is -2.17. The van der Waals surface area contributed by atoms with Gasteiger partial charge in [0.1, 0.15) is 16.3 Å². The summed E-state index contributed by atoms with van der Waals surface area (Å²) in [4.78, 5) is 12.1. The molecule has 3 aromatic rings. The molecule has 0 bridgehead atoms. The molecule has 12 heteroatoms. The molecule has 0 spiro atoms. The van der Waals surface area contributed by atoms with Gasteiger partial charge in [-0.25, -0.2) is 8.42 Å². The zero-order valence-corrected chi connectivity index (χ0v) is 18.0. The molecule has 1 aromatic heterocycles. The highest BCUT2D eigenvalue weighted by Gasteiger charge is 2.31. The summed E-state index contributed by atoms with van der Waals surface area (Å²) in [5, 5.41) is 6.71. The Morgan fingerprint density at radius 1 is 1.09 bits per heavy atom. The van der Waals surface area contributed by atoms with Crippen LogP contribution in [-0.2, 0) is 23.2 Å². The normalized spacial score (nSPS) is 11.8. The molecule has 1 amide bonds. The smallest absolute Gasteiger partial charge is 0.416 e. The second kappa shape index (κ2) is 8.54. The van der Waals surface area contributed by atoms with Gasteiger partial charge in [-0.2, -0.15) is 18.3 Å². The standard InChI is InChI=1S/C20H19F3N4O4S/c1-12-9-16(27(2)25-12)19(28)24-14-7-8-18(17(11-14)31-3)32(29,30)26-15-6-4-5-13(10-15)20(21,22)23/h4-11,26H,1-3H3,(H,24,28). The summed E-state index contributed by atoms with van der Waals surface area (Å²) in [6.07, 6.45) is -4.62. The quantitative estimate of drug-likeness (QED) is 0.573. The van der Waals surface area contributed by atoms with E-state index >= 15 is 0 Å². The Labute approximate surface area is 182 Å². The number of amides is 1. The minimum absolute atomic E-state index is 0.108. The van der Waals surface area contributed by atoms with Crippen LogP contribution in [-0.4, -0.2) is 31.2 Å². The first kappa shape index (κ1) is 23.1. The molecule has 32 heavy (non-hydrogen) atoms. The molecule has 170 valence electrons. The first-order valence-electron chi connectivity index (χ1n) is 9.11. The van der Waals surface area contributed by atoms with Crippen LogP contribution in [0.5, 0.6) is 5.75 Å². The van der Waals surface area contributed by atoms with Crippen LogP contribution in [0.1, 0.15) is 21.7 Å². The van der Waals surface area contributed by atoms with E-state index in [1.54, 1.807) is 20.0 Å². The second-order valence-electron chi connectivity index (χ2n) is 6.80. The fourth-order valence-corrected chi connectivity index (χ4v) is 4.16. The summed E-state index contributed by atoms with van der Waals surface area (Å²) in [5.74, 6) is -0.573. The number of hydrogen-bond acceptors (Lipinski definition) is 5. The Morgan fingerprint density at radius 2 is 1.81 bits per heavy atom. The van der Waals surface area contributed by atoms with Crippen LogP contribution in [0.15, 0.2) is 53.4 Å². The Morgan fingerprint density at radius 3 is 2.41 bits per heavy atom. The number of anilines is 2. The molecular weight excluding hydrogens is 449 g/mol. The maximum Gasteiger partial charge on any atom is 0.416 e. The molecule has 0 unspecified atom stereocenters. The number of halogens is 3. The summed E-state index contributed by atoms with van der Waals surface area (Å²) in [6, 6.07) is 9.21. The van der Waals surface area contributed by atoms with Crippen LogP contribution < -0.4 is 14.8 Å². The van der Waals surface area contributed by atoms with Gasteiger partial charge in [0.05, 0.1) is 18.4 Å². The van der Waals surface area contributed by atoms with Gasteiger partial charge >= 0.3 is 6.18 Å². The first-order chi connectivity index (χ1) is 14.9. The summed E-state index contributed by atoms with van der Waals surface area (Å²) in [6.45, 7) is 1.73. The molecule has 0 fully saturated rings. The van der Waals surface area contributed by atoms with Crippen LogP contribution >= 0.6 is 0 Å². The molecule has 3 rings (SSSR count). The molecule has 0 radical (unpaired) electrons. The largest absolute Gasteiger partial charge is 0.495 e. The number of methoxy groups -OCH3 is 1. The number of aromatic nitrogens is 2. The van der Waals surface area contributed by atoms with E-state index in [0.29, 0.717) is 17.5 Å². The van der Waals surface area contributed by atoms with Crippen LogP contribution in [0, 0.1) is 6.92 Å². The van der Waals surface area contributed by atoms with Gasteiger partial charge in [-0.1, -0.05) is 6.07 Å². The van der Waals surface area contributed by atoms with E-state index in [1.807, 2.05) is 0 Å². The molecule has 1 heterocycles. The number of rotatable bonds is 6. The lowest BCUT2D eigenvalue weighted by Gasteiger charge is -2.14. The van der Waals surface area contributed by atoms with Gasteiger partial charge in [0, 0.05) is 24.5 Å². The van der Waals surface area contributed by atoms with Crippen molar-refractivity contribution < 1.29 is 31.1 Å². The predicted octanol–water partition coefficient (Wildman–Crippen LogP) is 3.81. The number of benzene rings is 2. The monoisotopic (exact) mass is 468 g/mol. The maximum atomic E-state index is 12.9. The molecular formula is C20H19F3N4O4S. The number of carbonyl (C=O) groups is 1. The molecule has 0 aliphatic carbocycles. The predicted molar refractivity (Wildman–Crippen MR) is 111 cm³/mol. The average Bonchev–Trinajstić information content (AvgIpc) is 3.05. The first-order valence-corrected chi connectivity index (χ1v) is 10.6. The zero-order chi connectivity index (χ0) is 23.7. The van der Waals surface area contributed by atoms with Gasteiger partial charge in [-0.15, -0.1) is 0 Å². The lowest BCUT2D eigenvalue weighted by molar-refractivity contribution is -0.137. The zero-order valence-electron chi connectivity index (χ0n) is 17.2. The Bertz CT molecular complexity index is 1270. The number of hydrogen-bond donors (Lipinski definition) is 2. The molecule has 0 aliphatic heterocycles. The van der Waals surface area contributed by atoms with Crippen LogP contribution in [0.3, 0.4) is 0 Å². The second-order valence-corrected chi connectivity index (χ2v) is 8.45. The van der Waals surface area contributed by atoms with Crippen molar-refractivity contribution in [1.82, 2.24) is 9.78 Å². The Kier molecular flexibility index (Phi) is 6.17. The van der Waals surface area contributed by atoms with Crippen LogP contribution in [0.2, 0.25) is 0 Å². The average molecular weight is 468 g/mol. The SMILES string of the molecule is COc1cc(NC(=O)c2cc(C)nn2C)ccc1S(=O)(=O)Nc1cccc(C(F)(F)F)c1. The third-order valence-electron chi connectivity index (χ3n) is 4.39. The summed E-state index contributed by atoms with van der Waals surface area (Å²) < 4.78 is 72.9. The van der Waals surface area contributed by atoms with Crippen molar-refractivity contribution in [2.75, 3.05) is 17.1 Å². The number of nitrogens with one attached hydrogen (secondary N) is 2. The fraction of sp³-hybridized carbons (Fsp3) is 0.200. The van der Waals surface area contributed by atoms with E-state index < -0.39 is 27.7 Å². The number of sulfonamides is 1. The van der Waals surface area contributed by atoms with Crippen molar-refractivity contribution in [2.24, 2.45) is 7.05 Å². The minimum atomic E-state index is -4.62. The van der Waals surface area contributed by atoms with Gasteiger partial charge in [-0.3, -0.25) is 14.2 Å². The number of alkyl halides is 3. The maximum absolute atomic E-state index is 12.9. The molecule has 0 saturated carbocycles. The van der Waals surface area contributed by atoms with Gasteiger partial charge in [0.2, 0.25) is 0 Å². The van der Waals surface area contributed by atoms with Crippen molar-refractivity contribution in [2.45, 2.75) is 18.0 Å². The third-order valence-corrected chi connectivity index (χ3v) is 5.81. The van der Waals surface area contributed by atoms with Crippen molar-refractivity contribution in [3.05, 3.63) is 65.5 Å². The van der Waals surface area contributed by atoms with Gasteiger partial charge in [0.25, 0.3) is 15.9 Å². The molecule has 8 nitrogen and oxygen atoms in total. The summed E-state index contributed by atoms with van der Waals surface area (Å²) in [7, 11) is -1.45. The van der Waals surface area contributed by atoms with E-state index in [1.165, 1.54) is 36.1 Å². The summed E-state index contributed by atoms with van der Waals surface area (Å²) >= 11 is 0. The molecule has 2 aromatic carbocycles. The third kappa shape index (κ3) is 5.02. The van der Waals surface area contributed by atoms with E-state index in [9.17, 15) is 26.4 Å². The van der Waals surface area contributed by atoms with E-state index in [0.717, 1.165) is 12.1 Å². The van der Waals surface area contributed by atoms with E-state index in [-0.39, 0.29) is 22.0 Å². The number of carbonyl (C=O) groups excluding carboxylic acids is 1.